The third-order valence-electron chi connectivity index (χ3n) is 2.19. The molecule has 1 rings (SSSR count). The lowest BCUT2D eigenvalue weighted by molar-refractivity contribution is -0.138. The van der Waals surface area contributed by atoms with Crippen LogP contribution in [0.25, 0.3) is 0 Å². The van der Waals surface area contributed by atoms with E-state index in [1.165, 1.54) is 20.8 Å². The highest BCUT2D eigenvalue weighted by molar-refractivity contribution is 5.74. The van der Waals surface area contributed by atoms with E-state index in [0.29, 0.717) is 5.69 Å². The predicted octanol–water partition coefficient (Wildman–Crippen LogP) is 2.47. The van der Waals surface area contributed by atoms with Gasteiger partial charge in [-0.1, -0.05) is 6.07 Å². The highest BCUT2D eigenvalue weighted by atomic mass is 19.1. The van der Waals surface area contributed by atoms with Crippen LogP contribution in [0.15, 0.2) is 18.2 Å². The minimum atomic E-state index is -1.55. The zero-order valence-corrected chi connectivity index (χ0v) is 8.99. The summed E-state index contributed by atoms with van der Waals surface area (Å²) in [5, 5.41) is 8.80. The quantitative estimate of drug-likeness (QED) is 0.835. The first kappa shape index (κ1) is 11.6. The molecule has 82 valence electrons. The van der Waals surface area contributed by atoms with Gasteiger partial charge in [0.1, 0.15) is 5.67 Å². The molecule has 0 aliphatic carbocycles. The van der Waals surface area contributed by atoms with E-state index in [1.54, 1.807) is 18.2 Å². The second-order valence-electron chi connectivity index (χ2n) is 3.98. The summed E-state index contributed by atoms with van der Waals surface area (Å²) in [4.78, 5) is 14.7. The van der Waals surface area contributed by atoms with Crippen LogP contribution in [0.5, 0.6) is 0 Å². The molecule has 0 aromatic carbocycles. The van der Waals surface area contributed by atoms with Crippen molar-refractivity contribution < 1.29 is 14.3 Å². The molecular weight excluding hydrogens is 197 g/mol. The molecule has 1 unspecified atom stereocenters. The fraction of sp³-hybridized carbons (Fsp3) is 0.455. The third kappa shape index (κ3) is 2.75. The number of hydrogen-bond acceptors (Lipinski definition) is 2. The Morgan fingerprint density at radius 3 is 2.60 bits per heavy atom. The van der Waals surface area contributed by atoms with Gasteiger partial charge in [-0.3, -0.25) is 9.78 Å². The molecule has 0 saturated carbocycles. The van der Waals surface area contributed by atoms with Gasteiger partial charge in [-0.15, -0.1) is 0 Å². The third-order valence-corrected chi connectivity index (χ3v) is 2.19. The Morgan fingerprint density at radius 1 is 1.53 bits per heavy atom. The Balaban J connectivity index is 3.08. The highest BCUT2D eigenvalue weighted by Crippen LogP contribution is 2.24. The van der Waals surface area contributed by atoms with Gasteiger partial charge in [0.2, 0.25) is 0 Å². The van der Waals surface area contributed by atoms with Crippen molar-refractivity contribution in [3.05, 3.63) is 29.6 Å². The van der Waals surface area contributed by atoms with Crippen LogP contribution in [0.4, 0.5) is 4.39 Å². The summed E-state index contributed by atoms with van der Waals surface area (Å²) in [6.07, 6.45) is 0. The Morgan fingerprint density at radius 2 is 2.13 bits per heavy atom. The molecule has 1 aromatic rings. The van der Waals surface area contributed by atoms with Crippen molar-refractivity contribution in [1.29, 1.82) is 0 Å². The van der Waals surface area contributed by atoms with Crippen LogP contribution >= 0.6 is 0 Å². The molecule has 0 radical (unpaired) electrons. The number of nitrogens with zero attached hydrogens (tertiary/aromatic N) is 1. The second-order valence-corrected chi connectivity index (χ2v) is 3.98. The van der Waals surface area contributed by atoms with Gasteiger partial charge in [-0.2, -0.15) is 0 Å². The van der Waals surface area contributed by atoms with Crippen molar-refractivity contribution in [3.8, 4) is 0 Å². The summed E-state index contributed by atoms with van der Waals surface area (Å²) in [5.41, 5.74) is -0.910. The predicted molar refractivity (Wildman–Crippen MR) is 54.4 cm³/mol. The zero-order valence-electron chi connectivity index (χ0n) is 8.99. The van der Waals surface area contributed by atoms with Gasteiger partial charge in [-0.05, 0) is 32.9 Å². The normalized spacial score (nSPS) is 13.6. The molecule has 0 fully saturated rings. The number of carbonyl (C=O) groups is 1. The summed E-state index contributed by atoms with van der Waals surface area (Å²) in [5.74, 6) is -1.68. The molecule has 1 heterocycles. The Kier molecular flexibility index (Phi) is 3.07. The van der Waals surface area contributed by atoms with E-state index >= 15 is 0 Å². The van der Waals surface area contributed by atoms with Gasteiger partial charge >= 0.3 is 5.97 Å². The standard InChI is InChI=1S/C11H14FNO2/c1-7(10(14)15)8-5-4-6-9(13-8)11(2,3)12/h4-7H,1-3H3,(H,14,15). The number of hydrogen-bond donors (Lipinski definition) is 1. The minimum absolute atomic E-state index is 0.258. The molecule has 3 nitrogen and oxygen atoms in total. The van der Waals surface area contributed by atoms with Gasteiger partial charge in [0.05, 0.1) is 17.3 Å². The molecule has 0 spiro atoms. The van der Waals surface area contributed by atoms with E-state index in [4.69, 9.17) is 5.11 Å². The van der Waals surface area contributed by atoms with Crippen molar-refractivity contribution in [3.63, 3.8) is 0 Å². The lowest BCUT2D eigenvalue weighted by atomic mass is 10.0. The lowest BCUT2D eigenvalue weighted by Gasteiger charge is -2.15. The fourth-order valence-electron chi connectivity index (χ4n) is 1.15. The van der Waals surface area contributed by atoms with Crippen LogP contribution in [0.3, 0.4) is 0 Å². The molecule has 1 aromatic heterocycles. The van der Waals surface area contributed by atoms with Crippen molar-refractivity contribution >= 4 is 5.97 Å². The smallest absolute Gasteiger partial charge is 0.312 e. The molecule has 0 amide bonds. The maximum atomic E-state index is 13.6. The Hall–Kier alpha value is -1.45. The van der Waals surface area contributed by atoms with Gasteiger partial charge in [-0.25, -0.2) is 4.39 Å². The average molecular weight is 211 g/mol. The largest absolute Gasteiger partial charge is 0.481 e. The zero-order chi connectivity index (χ0) is 11.6. The number of aliphatic carboxylic acids is 1. The summed E-state index contributed by atoms with van der Waals surface area (Å²) in [7, 11) is 0. The van der Waals surface area contributed by atoms with Crippen LogP contribution in [-0.4, -0.2) is 16.1 Å². The van der Waals surface area contributed by atoms with Crippen LogP contribution in [0, 0.1) is 0 Å². The van der Waals surface area contributed by atoms with Crippen molar-refractivity contribution in [2.75, 3.05) is 0 Å². The second kappa shape index (κ2) is 3.96. The number of alkyl halides is 1. The summed E-state index contributed by atoms with van der Waals surface area (Å²) < 4.78 is 13.6. The first-order chi connectivity index (χ1) is 6.82. The number of aromatic nitrogens is 1. The Bertz CT molecular complexity index is 371. The van der Waals surface area contributed by atoms with Crippen LogP contribution in [0.1, 0.15) is 38.1 Å². The monoisotopic (exact) mass is 211 g/mol. The van der Waals surface area contributed by atoms with Crippen LogP contribution in [0.2, 0.25) is 0 Å². The first-order valence-electron chi connectivity index (χ1n) is 4.71. The van der Waals surface area contributed by atoms with E-state index in [1.807, 2.05) is 0 Å². The summed E-state index contributed by atoms with van der Waals surface area (Å²) >= 11 is 0. The maximum Gasteiger partial charge on any atom is 0.312 e. The molecule has 0 aliphatic heterocycles. The molecule has 1 atom stereocenters. The van der Waals surface area contributed by atoms with Crippen molar-refractivity contribution in [1.82, 2.24) is 4.98 Å². The molecule has 0 saturated heterocycles. The van der Waals surface area contributed by atoms with Gasteiger partial charge in [0.15, 0.2) is 0 Å². The maximum absolute atomic E-state index is 13.6. The topological polar surface area (TPSA) is 50.2 Å². The lowest BCUT2D eigenvalue weighted by Crippen LogP contribution is -2.15. The van der Waals surface area contributed by atoms with E-state index in [9.17, 15) is 9.18 Å². The van der Waals surface area contributed by atoms with Gasteiger partial charge in [0.25, 0.3) is 0 Å². The molecule has 4 heteroatoms. The number of halogens is 1. The van der Waals surface area contributed by atoms with E-state index in [2.05, 4.69) is 4.98 Å². The number of rotatable bonds is 3. The van der Waals surface area contributed by atoms with Gasteiger partial charge < -0.3 is 5.11 Å². The summed E-state index contributed by atoms with van der Waals surface area (Å²) in [6, 6.07) is 4.77. The van der Waals surface area contributed by atoms with E-state index < -0.39 is 17.6 Å². The van der Waals surface area contributed by atoms with Gasteiger partial charge in [0, 0.05) is 0 Å². The molecule has 1 N–H and O–H groups in total. The fourth-order valence-corrected chi connectivity index (χ4v) is 1.15. The molecule has 0 aliphatic rings. The number of pyridine rings is 1. The van der Waals surface area contributed by atoms with Crippen molar-refractivity contribution in [2.24, 2.45) is 0 Å². The SMILES string of the molecule is CC(C(=O)O)c1cccc(C(C)(C)F)n1. The molecular formula is C11H14FNO2. The number of carboxylic acid groups (broad SMARTS) is 1. The van der Waals surface area contributed by atoms with Crippen LogP contribution < -0.4 is 0 Å². The highest BCUT2D eigenvalue weighted by Gasteiger charge is 2.22. The summed E-state index contributed by atoms with van der Waals surface area (Å²) in [6.45, 7) is 4.31. The first-order valence-corrected chi connectivity index (χ1v) is 4.71. The minimum Gasteiger partial charge on any atom is -0.481 e. The van der Waals surface area contributed by atoms with E-state index in [0.717, 1.165) is 0 Å². The molecule has 0 bridgehead atoms. The molecule has 15 heavy (non-hydrogen) atoms. The number of carboxylic acids is 1. The average Bonchev–Trinajstić information content (AvgIpc) is 2.15. The van der Waals surface area contributed by atoms with Crippen molar-refractivity contribution in [2.45, 2.75) is 32.4 Å². The Labute approximate surface area is 88.0 Å². The van der Waals surface area contributed by atoms with Crippen LogP contribution in [-0.2, 0) is 10.5 Å². The van der Waals surface area contributed by atoms with E-state index in [-0.39, 0.29) is 5.69 Å².